The van der Waals surface area contributed by atoms with Crippen molar-refractivity contribution in [3.05, 3.63) is 376 Å². The van der Waals surface area contributed by atoms with E-state index in [9.17, 15) is 0 Å². The molecule has 552 valence electrons. The molecule has 5 aromatic rings. The zero-order valence-electron chi connectivity index (χ0n) is 64.1. The highest BCUT2D eigenvalue weighted by molar-refractivity contribution is 5.70. The molecule has 13 aliphatic rings. The van der Waals surface area contributed by atoms with E-state index < -0.39 is 0 Å². The van der Waals surface area contributed by atoms with Crippen molar-refractivity contribution in [1.29, 1.82) is 0 Å². The van der Waals surface area contributed by atoms with Crippen LogP contribution in [0.4, 0.5) is 20.2 Å². The lowest BCUT2D eigenvalue weighted by Gasteiger charge is -2.47. The number of hydrogen-bond donors (Lipinski definition) is 0. The van der Waals surface area contributed by atoms with Crippen LogP contribution in [-0.2, 0) is 21.0 Å². The van der Waals surface area contributed by atoms with Crippen molar-refractivity contribution >= 4 is 17.5 Å². The monoisotopic (exact) mass is 1440 g/mol. The summed E-state index contributed by atoms with van der Waals surface area (Å²) in [4.78, 5) is 5.04. The van der Waals surface area contributed by atoms with Crippen molar-refractivity contribution in [3.63, 3.8) is 0 Å². The Morgan fingerprint density at radius 3 is 2.16 bits per heavy atom. The molecule has 18 rings (SSSR count). The molecule has 1 saturated carbocycles. The molecular formula is C102H102F2N2O3. The quantitative estimate of drug-likeness (QED) is 0.0920. The first kappa shape index (κ1) is 70.7. The number of ether oxygens (including phenoxy) is 3. The molecule has 0 saturated heterocycles. The van der Waals surface area contributed by atoms with Gasteiger partial charge >= 0.3 is 0 Å². The Bertz CT molecular complexity index is 5060. The predicted octanol–water partition coefficient (Wildman–Crippen LogP) is 25.5. The lowest BCUT2D eigenvalue weighted by molar-refractivity contribution is 0.146. The average molecular weight is 1440 g/mol. The minimum atomic E-state index is -0.379. The minimum Gasteiger partial charge on any atom is -0.490 e. The van der Waals surface area contributed by atoms with Crippen LogP contribution < -0.4 is 14.4 Å². The van der Waals surface area contributed by atoms with E-state index in [0.29, 0.717) is 18.8 Å². The van der Waals surface area contributed by atoms with Gasteiger partial charge in [-0.25, -0.2) is 8.78 Å². The van der Waals surface area contributed by atoms with Crippen molar-refractivity contribution in [3.8, 4) is 11.5 Å². The second-order valence-electron chi connectivity index (χ2n) is 34.8. The Morgan fingerprint density at radius 1 is 0.606 bits per heavy atom. The lowest BCUT2D eigenvalue weighted by Crippen LogP contribution is -2.45. The molecule has 5 aromatic carbocycles. The van der Waals surface area contributed by atoms with E-state index >= 15 is 8.78 Å². The van der Waals surface area contributed by atoms with Gasteiger partial charge in [0, 0.05) is 81.9 Å². The number of benzene rings is 5. The number of nitrogens with zero attached hydrogens (tertiary/aromatic N) is 2. The SMILES string of the molecule is C=CC1=CC=C(OC2C=CC(C3(c4ccc(C(C)(C)C)cc4)C4C=CC=CC4C4C=CC(N(c5ccc(F)cc5)c5ccc6c(c5)C5C=C7C=C(N(C8=CC9C(C=C8)c8ccccc8C9(C8=CC=C(C(C)(C)C)CC8)C8C=CC(Oc9ccc(C=C)cc9)=CC8)C8=CC=C(F)CC8)CCC7CC5O6)CC43)=CC2)CC1. The van der Waals surface area contributed by atoms with Gasteiger partial charge in [-0.05, 0) is 252 Å². The molecule has 1 heterocycles. The van der Waals surface area contributed by atoms with Crippen LogP contribution in [0.1, 0.15) is 164 Å². The summed E-state index contributed by atoms with van der Waals surface area (Å²) < 4.78 is 51.3. The molecule has 0 N–H and O–H groups in total. The van der Waals surface area contributed by atoms with E-state index in [4.69, 9.17) is 14.2 Å². The van der Waals surface area contributed by atoms with Crippen molar-refractivity contribution in [2.45, 2.75) is 165 Å². The van der Waals surface area contributed by atoms with Gasteiger partial charge in [0.2, 0.25) is 0 Å². The zero-order chi connectivity index (χ0) is 74.5. The molecular weight excluding hydrogens is 1340 g/mol. The molecule has 0 aromatic heterocycles. The summed E-state index contributed by atoms with van der Waals surface area (Å²) in [5.41, 5.74) is 19.5. The lowest BCUT2D eigenvalue weighted by atomic mass is 9.56. The van der Waals surface area contributed by atoms with E-state index in [0.717, 1.165) is 116 Å². The normalized spacial score (nSPS) is 30.2. The first-order valence-electron chi connectivity index (χ1n) is 40.5. The van der Waals surface area contributed by atoms with E-state index in [1.165, 1.54) is 61.4 Å². The molecule has 1 fully saturated rings. The molecule has 5 nitrogen and oxygen atoms in total. The highest BCUT2D eigenvalue weighted by atomic mass is 19.1. The van der Waals surface area contributed by atoms with Crippen LogP contribution in [0.25, 0.3) is 6.08 Å². The largest absolute Gasteiger partial charge is 0.490 e. The van der Waals surface area contributed by atoms with Crippen LogP contribution in [0.2, 0.25) is 0 Å². The summed E-state index contributed by atoms with van der Waals surface area (Å²) in [6, 6.07) is 41.1. The Labute approximate surface area is 645 Å². The van der Waals surface area contributed by atoms with Crippen molar-refractivity contribution in [2.24, 2.45) is 46.8 Å². The maximum atomic E-state index is 15.5. The molecule has 0 spiro atoms. The molecule has 0 radical (unpaired) electrons. The highest BCUT2D eigenvalue weighted by Crippen LogP contribution is 2.67. The molecule has 1 aliphatic heterocycles. The first-order valence-corrected chi connectivity index (χ1v) is 40.5. The van der Waals surface area contributed by atoms with Crippen molar-refractivity contribution in [2.75, 3.05) is 4.90 Å². The second-order valence-corrected chi connectivity index (χ2v) is 34.8. The molecule has 0 bridgehead atoms. The molecule has 0 amide bonds. The Kier molecular flexibility index (Phi) is 18.3. The van der Waals surface area contributed by atoms with E-state index in [-0.39, 0.29) is 98.9 Å². The van der Waals surface area contributed by atoms with Gasteiger partial charge in [-0.2, -0.15) is 0 Å². The summed E-state index contributed by atoms with van der Waals surface area (Å²) >= 11 is 0. The van der Waals surface area contributed by atoms with E-state index in [1.807, 2.05) is 48.6 Å². The van der Waals surface area contributed by atoms with E-state index in [1.54, 1.807) is 18.2 Å². The van der Waals surface area contributed by atoms with Crippen LogP contribution in [0, 0.1) is 52.7 Å². The van der Waals surface area contributed by atoms with Crippen molar-refractivity contribution in [1.82, 2.24) is 4.90 Å². The number of anilines is 2. The van der Waals surface area contributed by atoms with Crippen LogP contribution >= 0.6 is 0 Å². The smallest absolute Gasteiger partial charge is 0.127 e. The Morgan fingerprint density at radius 2 is 1.43 bits per heavy atom. The first-order chi connectivity index (χ1) is 52.9. The molecule has 7 heteroatoms. The summed E-state index contributed by atoms with van der Waals surface area (Å²) in [6.07, 6.45) is 68.2. The van der Waals surface area contributed by atoms with E-state index in [2.05, 4.69) is 265 Å². The van der Waals surface area contributed by atoms with Gasteiger partial charge in [-0.15, -0.1) is 0 Å². The zero-order valence-corrected chi connectivity index (χ0v) is 64.1. The van der Waals surface area contributed by atoms with Crippen LogP contribution in [0.15, 0.2) is 337 Å². The summed E-state index contributed by atoms with van der Waals surface area (Å²) in [5, 5.41) is 0. The van der Waals surface area contributed by atoms with Gasteiger partial charge in [0.15, 0.2) is 0 Å². The fourth-order valence-corrected chi connectivity index (χ4v) is 21.6. The number of fused-ring (bicyclic) bond motifs is 10. The maximum absolute atomic E-state index is 15.5. The van der Waals surface area contributed by atoms with Crippen LogP contribution in [-0.4, -0.2) is 23.1 Å². The summed E-state index contributed by atoms with van der Waals surface area (Å²) in [7, 11) is 0. The number of hydrogen-bond acceptors (Lipinski definition) is 5. The Hall–Kier alpha value is -9.98. The fraction of sp³-hybridized carbons (Fsp3) is 0.333. The van der Waals surface area contributed by atoms with Crippen LogP contribution in [0.3, 0.4) is 0 Å². The summed E-state index contributed by atoms with van der Waals surface area (Å²) in [6.45, 7) is 21.9. The molecule has 12 aliphatic carbocycles. The number of rotatable bonds is 16. The molecule has 14 atom stereocenters. The van der Waals surface area contributed by atoms with Gasteiger partial charge in [0.05, 0.1) is 11.8 Å². The maximum Gasteiger partial charge on any atom is 0.127 e. The predicted molar refractivity (Wildman–Crippen MR) is 442 cm³/mol. The number of allylic oxidation sites excluding steroid dienone is 29. The van der Waals surface area contributed by atoms with Gasteiger partial charge in [0.1, 0.15) is 41.1 Å². The van der Waals surface area contributed by atoms with Gasteiger partial charge in [-0.1, -0.05) is 230 Å². The third-order valence-electron chi connectivity index (χ3n) is 27.0. The van der Waals surface area contributed by atoms with Gasteiger partial charge in [-0.3, -0.25) is 0 Å². The minimum absolute atomic E-state index is 0.00840. The highest BCUT2D eigenvalue weighted by Gasteiger charge is 2.62. The summed E-state index contributed by atoms with van der Waals surface area (Å²) in [5.74, 6) is 4.96. The number of halogens is 2. The average Bonchev–Trinajstić information content (AvgIpc) is 1.55. The Balaban J connectivity index is 0.698. The topological polar surface area (TPSA) is 34.2 Å². The third kappa shape index (κ3) is 12.6. The van der Waals surface area contributed by atoms with Gasteiger partial charge in [0.25, 0.3) is 0 Å². The standard InChI is InChI=1S/C102H102F2N2O3/c1-9-65-19-48-83(49-20-65)107-85-52-32-73(33-53-85)101(71-28-24-69(25-29-71)99(3,4)5)93-17-13-11-15-87(93)89-56-45-81(63-95(89)101)105(77-41-36-75(103)37-42-77)79-40-23-67-61-98-91(60-68(67)59-79)92-62-80(47-58-97(92)109-98)106(78-43-38-76(104)39-44-78)82-46-57-90-88-16-12-14-18-94(88)102(96(90)64-82,72-30-26-70(27-31-72)100(6,7)8)74-34-54-86(55-35-74)108-84-50-21-66(10-2)22-51-84/h9-21,24,26-28,30-32,34-36,38-39,41,43-50,52-54,56-60,62-63,67,73,82,86,88-91,94-96,98H,1-2,22-23,25,29,33,37,40,42,51,55,61,64H2,3-8H3. The van der Waals surface area contributed by atoms with Crippen molar-refractivity contribution < 1.29 is 23.0 Å². The van der Waals surface area contributed by atoms with Gasteiger partial charge < -0.3 is 24.0 Å². The fourth-order valence-electron chi connectivity index (χ4n) is 21.6. The molecule has 109 heavy (non-hydrogen) atoms. The second kappa shape index (κ2) is 28.2. The third-order valence-corrected chi connectivity index (χ3v) is 27.0. The molecule has 14 unspecified atom stereocenters. The van der Waals surface area contributed by atoms with Crippen LogP contribution in [0.5, 0.6) is 11.5 Å².